The van der Waals surface area contributed by atoms with Crippen LogP contribution in [-0.2, 0) is 21.4 Å². The summed E-state index contributed by atoms with van der Waals surface area (Å²) in [6.07, 6.45) is 2.17. The lowest BCUT2D eigenvalue weighted by Gasteiger charge is -2.18. The van der Waals surface area contributed by atoms with Gasteiger partial charge in [0.25, 0.3) is 0 Å². The van der Waals surface area contributed by atoms with Crippen molar-refractivity contribution in [3.63, 3.8) is 0 Å². The Balaban J connectivity index is 2.10. The van der Waals surface area contributed by atoms with Crippen LogP contribution in [0.3, 0.4) is 0 Å². The molecule has 2 N–H and O–H groups in total. The van der Waals surface area contributed by atoms with Gasteiger partial charge < -0.3 is 5.32 Å². The van der Waals surface area contributed by atoms with Crippen molar-refractivity contribution in [1.82, 2.24) is 10.0 Å². The van der Waals surface area contributed by atoms with Crippen LogP contribution in [-0.4, -0.2) is 32.4 Å². The van der Waals surface area contributed by atoms with E-state index in [1.165, 1.54) is 41.3 Å². The van der Waals surface area contributed by atoms with Gasteiger partial charge in [0, 0.05) is 14.7 Å². The number of hydrogen-bond donors (Lipinski definition) is 2. The van der Waals surface area contributed by atoms with Gasteiger partial charge in [-0.25, -0.2) is 12.8 Å². The van der Waals surface area contributed by atoms with E-state index in [0.717, 1.165) is 15.4 Å². The number of halogens is 2. The molecule has 1 aromatic carbocycles. The highest BCUT2D eigenvalue weighted by Gasteiger charge is 2.27. The summed E-state index contributed by atoms with van der Waals surface area (Å²) in [5.41, 5.74) is 0. The molecular weight excluding hydrogens is 463 g/mol. The fourth-order valence-corrected chi connectivity index (χ4v) is 5.31. The van der Waals surface area contributed by atoms with Gasteiger partial charge in [-0.1, -0.05) is 12.1 Å². The molecule has 0 spiro atoms. The second-order valence-electron chi connectivity index (χ2n) is 5.33. The Hall–Kier alpha value is -0.940. The van der Waals surface area contributed by atoms with Gasteiger partial charge >= 0.3 is 0 Å². The Labute approximate surface area is 168 Å². The highest BCUT2D eigenvalue weighted by Crippen LogP contribution is 2.19. The number of thiophene rings is 1. The first-order valence-corrected chi connectivity index (χ1v) is 12.1. The Bertz CT molecular complexity index is 858. The van der Waals surface area contributed by atoms with E-state index in [1.807, 2.05) is 17.7 Å². The van der Waals surface area contributed by atoms with Crippen molar-refractivity contribution in [2.45, 2.75) is 23.9 Å². The first kappa shape index (κ1) is 21.4. The van der Waals surface area contributed by atoms with Crippen LogP contribution in [0.5, 0.6) is 0 Å². The molecule has 1 unspecified atom stereocenters. The third-order valence-corrected chi connectivity index (χ3v) is 7.26. The molecule has 10 heteroatoms. The van der Waals surface area contributed by atoms with Crippen LogP contribution < -0.4 is 10.0 Å². The van der Waals surface area contributed by atoms with Crippen molar-refractivity contribution >= 4 is 55.0 Å². The summed E-state index contributed by atoms with van der Waals surface area (Å²) in [4.78, 5) is 12.9. The molecule has 0 aliphatic rings. The van der Waals surface area contributed by atoms with Gasteiger partial charge in [0.05, 0.1) is 6.54 Å². The van der Waals surface area contributed by atoms with E-state index < -0.39 is 32.7 Å². The standard InChI is InChI=1S/C16H18BrFN2O3S3/c1-24-7-6-14(16(21)19-9-12-8-11(17)10-25-12)20-26(22,23)15-5-3-2-4-13(15)18/h2-5,8,10,14,20H,6-7,9H2,1H3,(H,19,21). The molecule has 0 radical (unpaired) electrons. The highest BCUT2D eigenvalue weighted by atomic mass is 79.9. The SMILES string of the molecule is CSCCC(NS(=O)(=O)c1ccccc1F)C(=O)NCc1cc(Br)cs1. The van der Waals surface area contributed by atoms with Gasteiger partial charge in [0.2, 0.25) is 15.9 Å². The number of benzene rings is 1. The predicted molar refractivity (Wildman–Crippen MR) is 107 cm³/mol. The fourth-order valence-electron chi connectivity index (χ4n) is 2.14. The largest absolute Gasteiger partial charge is 0.350 e. The number of carbonyl (C=O) groups excluding carboxylic acids is 1. The summed E-state index contributed by atoms with van der Waals surface area (Å²) < 4.78 is 42.0. The molecule has 2 aromatic rings. The van der Waals surface area contributed by atoms with Crippen LogP contribution in [0.2, 0.25) is 0 Å². The minimum Gasteiger partial charge on any atom is -0.350 e. The van der Waals surface area contributed by atoms with E-state index in [2.05, 4.69) is 26.0 Å². The molecule has 26 heavy (non-hydrogen) atoms. The van der Waals surface area contributed by atoms with Crippen molar-refractivity contribution in [3.05, 3.63) is 50.9 Å². The van der Waals surface area contributed by atoms with E-state index in [0.29, 0.717) is 18.7 Å². The van der Waals surface area contributed by atoms with Crippen molar-refractivity contribution in [2.75, 3.05) is 12.0 Å². The van der Waals surface area contributed by atoms with Gasteiger partial charge in [0.15, 0.2) is 0 Å². The van der Waals surface area contributed by atoms with Gasteiger partial charge in [-0.15, -0.1) is 11.3 Å². The van der Waals surface area contributed by atoms with Gasteiger partial charge in [-0.05, 0) is 52.6 Å². The van der Waals surface area contributed by atoms with E-state index in [4.69, 9.17) is 0 Å². The number of sulfonamides is 1. The monoisotopic (exact) mass is 480 g/mol. The Morgan fingerprint density at radius 3 is 2.73 bits per heavy atom. The molecule has 0 bridgehead atoms. The van der Waals surface area contributed by atoms with Crippen LogP contribution in [0.1, 0.15) is 11.3 Å². The first-order chi connectivity index (χ1) is 12.3. The molecule has 0 saturated heterocycles. The third-order valence-electron chi connectivity index (χ3n) is 3.41. The Morgan fingerprint density at radius 2 is 2.12 bits per heavy atom. The minimum atomic E-state index is -4.14. The summed E-state index contributed by atoms with van der Waals surface area (Å²) in [5, 5.41) is 4.63. The van der Waals surface area contributed by atoms with Crippen LogP contribution in [0.25, 0.3) is 0 Å². The summed E-state index contributed by atoms with van der Waals surface area (Å²) >= 11 is 6.32. The number of amides is 1. The molecule has 1 amide bonds. The van der Waals surface area contributed by atoms with E-state index >= 15 is 0 Å². The zero-order valence-corrected chi connectivity index (χ0v) is 17.9. The second-order valence-corrected chi connectivity index (χ2v) is 9.91. The highest BCUT2D eigenvalue weighted by molar-refractivity contribution is 9.10. The number of thioether (sulfide) groups is 1. The average molecular weight is 481 g/mol. The molecule has 5 nitrogen and oxygen atoms in total. The smallest absolute Gasteiger partial charge is 0.244 e. The van der Waals surface area contributed by atoms with Crippen LogP contribution >= 0.6 is 39.0 Å². The lowest BCUT2D eigenvalue weighted by Crippen LogP contribution is -2.46. The lowest BCUT2D eigenvalue weighted by molar-refractivity contribution is -0.122. The molecule has 0 aliphatic carbocycles. The maximum absolute atomic E-state index is 13.8. The Kier molecular flexibility index (Phi) is 8.08. The minimum absolute atomic E-state index is 0.298. The van der Waals surface area contributed by atoms with Gasteiger partial charge in [-0.2, -0.15) is 16.5 Å². The molecule has 1 heterocycles. The van der Waals surface area contributed by atoms with Gasteiger partial charge in [0.1, 0.15) is 16.8 Å². The lowest BCUT2D eigenvalue weighted by atomic mass is 10.2. The quantitative estimate of drug-likeness (QED) is 0.576. The van der Waals surface area contributed by atoms with Crippen LogP contribution in [0, 0.1) is 5.82 Å². The number of carbonyl (C=O) groups is 1. The molecule has 0 aliphatic heterocycles. The van der Waals surface area contributed by atoms with E-state index in [9.17, 15) is 17.6 Å². The maximum Gasteiger partial charge on any atom is 0.244 e. The number of hydrogen-bond acceptors (Lipinski definition) is 5. The van der Waals surface area contributed by atoms with E-state index in [1.54, 1.807) is 0 Å². The molecular formula is C16H18BrFN2O3S3. The van der Waals surface area contributed by atoms with Crippen molar-refractivity contribution in [1.29, 1.82) is 0 Å². The third kappa shape index (κ3) is 6.05. The molecule has 2 rings (SSSR count). The zero-order valence-electron chi connectivity index (χ0n) is 13.9. The number of nitrogens with one attached hydrogen (secondary N) is 2. The number of rotatable bonds is 9. The molecule has 1 atom stereocenters. The predicted octanol–water partition coefficient (Wildman–Crippen LogP) is 3.37. The first-order valence-electron chi connectivity index (χ1n) is 7.60. The van der Waals surface area contributed by atoms with Crippen molar-refractivity contribution in [2.24, 2.45) is 0 Å². The molecule has 142 valence electrons. The second kappa shape index (κ2) is 9.84. The molecule has 0 fully saturated rings. The van der Waals surface area contributed by atoms with Crippen LogP contribution in [0.15, 0.2) is 45.1 Å². The average Bonchev–Trinajstić information content (AvgIpc) is 3.02. The Morgan fingerprint density at radius 1 is 1.38 bits per heavy atom. The normalized spacial score (nSPS) is 12.7. The summed E-state index contributed by atoms with van der Waals surface area (Å²) in [5.74, 6) is -0.710. The maximum atomic E-state index is 13.8. The van der Waals surface area contributed by atoms with Gasteiger partial charge in [-0.3, -0.25) is 4.79 Å². The summed E-state index contributed by atoms with van der Waals surface area (Å²) in [7, 11) is -4.14. The summed E-state index contributed by atoms with van der Waals surface area (Å²) in [6, 6.07) is 5.99. The topological polar surface area (TPSA) is 75.3 Å². The molecule has 1 aromatic heterocycles. The van der Waals surface area contributed by atoms with Crippen LogP contribution in [0.4, 0.5) is 4.39 Å². The zero-order chi connectivity index (χ0) is 19.2. The summed E-state index contributed by atoms with van der Waals surface area (Å²) in [6.45, 7) is 0.298. The molecule has 0 saturated carbocycles. The fraction of sp³-hybridized carbons (Fsp3) is 0.312. The van der Waals surface area contributed by atoms with E-state index in [-0.39, 0.29) is 0 Å². The van der Waals surface area contributed by atoms with Crippen molar-refractivity contribution < 1.29 is 17.6 Å². The van der Waals surface area contributed by atoms with Crippen molar-refractivity contribution in [3.8, 4) is 0 Å².